The quantitative estimate of drug-likeness (QED) is 0.370. The Morgan fingerprint density at radius 3 is 2.25 bits per heavy atom. The maximum Gasteiger partial charge on any atom is 0.243 e. The third kappa shape index (κ3) is 7.35. The maximum absolute atomic E-state index is 13.5. The fourth-order valence-electron chi connectivity index (χ4n) is 4.51. The monoisotopic (exact) mass is 566 g/mol. The molecule has 0 bridgehead atoms. The molecule has 214 valence electrons. The third-order valence-corrected chi connectivity index (χ3v) is 8.84. The van der Waals surface area contributed by atoms with Gasteiger partial charge in [0.05, 0.1) is 24.2 Å². The lowest BCUT2D eigenvalue weighted by Gasteiger charge is -2.27. The van der Waals surface area contributed by atoms with Crippen LogP contribution in [0.1, 0.15) is 12.0 Å². The van der Waals surface area contributed by atoms with Crippen LogP contribution < -0.4 is 9.64 Å². The molecule has 2 aromatic carbocycles. The molecule has 3 aromatic rings. The first-order chi connectivity index (χ1) is 19.2. The number of ether oxygens (including phenoxy) is 1. The number of likely N-dealkylation sites (N-methyl/N-ethyl adjacent to an activating group) is 1. The molecular formula is C29H38N6O4S. The van der Waals surface area contributed by atoms with Crippen LogP contribution in [0.3, 0.4) is 0 Å². The first-order valence-electron chi connectivity index (χ1n) is 13.4. The van der Waals surface area contributed by atoms with Crippen molar-refractivity contribution in [2.75, 3.05) is 71.9 Å². The van der Waals surface area contributed by atoms with E-state index in [-0.39, 0.29) is 23.9 Å². The van der Waals surface area contributed by atoms with E-state index in [1.807, 2.05) is 50.2 Å². The topological polar surface area (TPSA) is 99.2 Å². The number of nitrogens with zero attached hydrogens (tertiary/aromatic N) is 6. The van der Waals surface area contributed by atoms with Gasteiger partial charge in [-0.25, -0.2) is 8.42 Å². The molecule has 0 saturated carbocycles. The molecule has 0 atom stereocenters. The number of benzene rings is 2. The Morgan fingerprint density at radius 1 is 0.900 bits per heavy atom. The summed E-state index contributed by atoms with van der Waals surface area (Å²) in [6, 6.07) is 18.3. The Hall–Kier alpha value is -3.54. The summed E-state index contributed by atoms with van der Waals surface area (Å²) in [4.78, 5) is 19.3. The van der Waals surface area contributed by atoms with E-state index >= 15 is 0 Å². The number of hydrogen-bond donors (Lipinski definition) is 0. The third-order valence-electron chi connectivity index (χ3n) is 6.98. The van der Waals surface area contributed by atoms with Crippen molar-refractivity contribution >= 4 is 21.7 Å². The van der Waals surface area contributed by atoms with Gasteiger partial charge in [-0.05, 0) is 63.8 Å². The zero-order valence-electron chi connectivity index (χ0n) is 23.7. The van der Waals surface area contributed by atoms with Gasteiger partial charge in [-0.15, -0.1) is 10.2 Å². The van der Waals surface area contributed by atoms with E-state index < -0.39 is 10.0 Å². The summed E-state index contributed by atoms with van der Waals surface area (Å²) in [5.74, 6) is 1.12. The molecule has 0 aliphatic carbocycles. The molecule has 40 heavy (non-hydrogen) atoms. The highest BCUT2D eigenvalue weighted by molar-refractivity contribution is 7.89. The molecular weight excluding hydrogens is 528 g/mol. The van der Waals surface area contributed by atoms with Crippen molar-refractivity contribution in [3.05, 3.63) is 66.2 Å². The van der Waals surface area contributed by atoms with Gasteiger partial charge in [-0.2, -0.15) is 4.31 Å². The highest BCUT2D eigenvalue weighted by atomic mass is 32.2. The number of anilines is 1. The summed E-state index contributed by atoms with van der Waals surface area (Å²) in [7, 11) is 1.41. The molecule has 1 amide bonds. The van der Waals surface area contributed by atoms with E-state index in [9.17, 15) is 13.2 Å². The van der Waals surface area contributed by atoms with Crippen LogP contribution >= 0.6 is 0 Å². The number of carbonyl (C=O) groups excluding carboxylic acids is 1. The molecule has 1 fully saturated rings. The van der Waals surface area contributed by atoms with Crippen LogP contribution in [0.5, 0.6) is 5.75 Å². The number of rotatable bonds is 10. The number of aryl methyl sites for hydroxylation is 1. The van der Waals surface area contributed by atoms with E-state index in [0.29, 0.717) is 31.9 Å². The summed E-state index contributed by atoms with van der Waals surface area (Å²) >= 11 is 0. The SMILES string of the molecule is COc1ccc(S(=O)(=O)N(CCN(C)C)CC(=O)N2CCCN(c3ccc(-c4ccc(C)cc4)nn3)CC2)cc1. The first-order valence-corrected chi connectivity index (χ1v) is 14.8. The minimum absolute atomic E-state index is 0.134. The summed E-state index contributed by atoms with van der Waals surface area (Å²) in [5.41, 5.74) is 3.02. The normalized spacial score (nSPS) is 14.4. The number of amides is 1. The van der Waals surface area contributed by atoms with Crippen LogP contribution in [0.15, 0.2) is 65.6 Å². The molecule has 11 heteroatoms. The van der Waals surface area contributed by atoms with Crippen LogP contribution in [0.25, 0.3) is 11.3 Å². The molecule has 1 aromatic heterocycles. The average Bonchev–Trinajstić information content (AvgIpc) is 3.22. The lowest BCUT2D eigenvalue weighted by Crippen LogP contribution is -2.46. The van der Waals surface area contributed by atoms with Crippen molar-refractivity contribution in [1.29, 1.82) is 0 Å². The van der Waals surface area contributed by atoms with E-state index in [0.717, 1.165) is 30.0 Å². The van der Waals surface area contributed by atoms with Gasteiger partial charge >= 0.3 is 0 Å². The molecule has 1 aliphatic heterocycles. The standard InChI is InChI=1S/C29H38N6O4S/c1-23-6-8-24(9-7-23)27-14-15-28(31-30-27)33-16-5-17-34(20-19-33)29(36)22-35(21-18-32(2)3)40(37,38)26-12-10-25(39-4)11-13-26/h6-15H,5,16-22H2,1-4H3. The van der Waals surface area contributed by atoms with Crippen molar-refractivity contribution in [3.63, 3.8) is 0 Å². The van der Waals surface area contributed by atoms with Gasteiger partial charge in [-0.1, -0.05) is 29.8 Å². The fourth-order valence-corrected chi connectivity index (χ4v) is 5.89. The van der Waals surface area contributed by atoms with Crippen LogP contribution in [-0.2, 0) is 14.8 Å². The Morgan fingerprint density at radius 2 is 1.62 bits per heavy atom. The minimum Gasteiger partial charge on any atom is -0.497 e. The molecule has 1 saturated heterocycles. The average molecular weight is 567 g/mol. The van der Waals surface area contributed by atoms with Gasteiger partial charge in [0, 0.05) is 44.8 Å². The molecule has 4 rings (SSSR count). The Balaban J connectivity index is 1.42. The number of sulfonamides is 1. The van der Waals surface area contributed by atoms with Gasteiger partial charge in [0.1, 0.15) is 5.75 Å². The van der Waals surface area contributed by atoms with E-state index in [4.69, 9.17) is 4.74 Å². The predicted octanol–water partition coefficient (Wildman–Crippen LogP) is 2.75. The minimum atomic E-state index is -3.87. The zero-order valence-corrected chi connectivity index (χ0v) is 24.5. The van der Waals surface area contributed by atoms with Crippen LogP contribution in [0.4, 0.5) is 5.82 Å². The molecule has 0 radical (unpaired) electrons. The van der Waals surface area contributed by atoms with Crippen LogP contribution in [0.2, 0.25) is 0 Å². The number of carbonyl (C=O) groups is 1. The van der Waals surface area contributed by atoms with E-state index in [2.05, 4.69) is 27.2 Å². The highest BCUT2D eigenvalue weighted by Gasteiger charge is 2.29. The molecule has 0 N–H and O–H groups in total. The van der Waals surface area contributed by atoms with E-state index in [1.165, 1.54) is 29.1 Å². The van der Waals surface area contributed by atoms with Crippen molar-refractivity contribution in [1.82, 2.24) is 24.3 Å². The van der Waals surface area contributed by atoms with Gasteiger partial charge in [0.25, 0.3) is 0 Å². The van der Waals surface area contributed by atoms with Crippen molar-refractivity contribution in [2.45, 2.75) is 18.2 Å². The lowest BCUT2D eigenvalue weighted by molar-refractivity contribution is -0.131. The van der Waals surface area contributed by atoms with E-state index in [1.54, 1.807) is 17.0 Å². The summed E-state index contributed by atoms with van der Waals surface area (Å²) in [6.45, 7) is 4.88. The predicted molar refractivity (Wildman–Crippen MR) is 156 cm³/mol. The van der Waals surface area contributed by atoms with Crippen molar-refractivity contribution in [2.24, 2.45) is 0 Å². The smallest absolute Gasteiger partial charge is 0.243 e. The first kappa shape index (κ1) is 29.4. The van der Waals surface area contributed by atoms with Gasteiger partial charge in [-0.3, -0.25) is 4.79 Å². The van der Waals surface area contributed by atoms with Crippen LogP contribution in [-0.4, -0.2) is 106 Å². The molecule has 0 unspecified atom stereocenters. The second-order valence-electron chi connectivity index (χ2n) is 10.2. The van der Waals surface area contributed by atoms with Crippen molar-refractivity contribution in [3.8, 4) is 17.0 Å². The summed E-state index contributed by atoms with van der Waals surface area (Å²) in [6.07, 6.45) is 0.746. The Labute approximate surface area is 237 Å². The lowest BCUT2D eigenvalue weighted by atomic mass is 10.1. The van der Waals surface area contributed by atoms with Gasteiger partial charge in [0.2, 0.25) is 15.9 Å². The number of hydrogen-bond acceptors (Lipinski definition) is 8. The van der Waals surface area contributed by atoms with Gasteiger partial charge in [0.15, 0.2) is 5.82 Å². The fraction of sp³-hybridized carbons (Fsp3) is 0.414. The van der Waals surface area contributed by atoms with Crippen LogP contribution in [0, 0.1) is 6.92 Å². The molecule has 0 spiro atoms. The maximum atomic E-state index is 13.5. The highest BCUT2D eigenvalue weighted by Crippen LogP contribution is 2.22. The summed E-state index contributed by atoms with van der Waals surface area (Å²) in [5, 5.41) is 8.87. The molecule has 1 aliphatic rings. The summed E-state index contributed by atoms with van der Waals surface area (Å²) < 4.78 is 33.4. The number of aromatic nitrogens is 2. The van der Waals surface area contributed by atoms with Gasteiger partial charge < -0.3 is 19.4 Å². The Bertz CT molecular complexity index is 1360. The van der Waals surface area contributed by atoms with Crippen molar-refractivity contribution < 1.29 is 17.9 Å². The second-order valence-corrected chi connectivity index (χ2v) is 12.1. The molecule has 10 nitrogen and oxygen atoms in total. The second kappa shape index (κ2) is 13.2. The molecule has 2 heterocycles. The number of methoxy groups -OCH3 is 1. The zero-order chi connectivity index (χ0) is 28.7. The Kier molecular flexibility index (Phi) is 9.72. The largest absolute Gasteiger partial charge is 0.497 e.